The molecule has 3 heterocycles. The Balaban J connectivity index is 1.83. The molecule has 0 saturated carbocycles. The van der Waals surface area contributed by atoms with Gasteiger partial charge in [-0.25, -0.2) is 9.67 Å². The van der Waals surface area contributed by atoms with E-state index in [0.29, 0.717) is 18.9 Å². The summed E-state index contributed by atoms with van der Waals surface area (Å²) in [6.45, 7) is 7.06. The predicted octanol–water partition coefficient (Wildman–Crippen LogP) is 1.16. The molecule has 0 aliphatic carbocycles. The number of carbonyl (C=O) groups excluding carboxylic acids is 1. The number of imidazole rings is 1. The van der Waals surface area contributed by atoms with Crippen LogP contribution in [0.4, 0.5) is 5.95 Å². The van der Waals surface area contributed by atoms with E-state index in [-0.39, 0.29) is 5.91 Å². The van der Waals surface area contributed by atoms with Gasteiger partial charge in [0.05, 0.1) is 5.69 Å². The predicted molar refractivity (Wildman–Crippen MR) is 80.8 cm³/mol. The summed E-state index contributed by atoms with van der Waals surface area (Å²) in [5.74, 6) is 0.662. The lowest BCUT2D eigenvalue weighted by Crippen LogP contribution is -2.28. The zero-order chi connectivity index (χ0) is 15.0. The summed E-state index contributed by atoms with van der Waals surface area (Å²) in [6.07, 6.45) is 2.69. The lowest BCUT2D eigenvalue weighted by Gasteiger charge is -2.15. The monoisotopic (exact) mass is 290 g/mol. The Hall–Kier alpha value is -2.05. The molecule has 1 fully saturated rings. The van der Waals surface area contributed by atoms with Crippen molar-refractivity contribution in [1.29, 1.82) is 0 Å². The molecule has 0 aromatic carbocycles. The number of hydrogen-bond acceptors (Lipinski definition) is 4. The van der Waals surface area contributed by atoms with Gasteiger partial charge in [0.15, 0.2) is 5.65 Å². The molecule has 7 nitrogen and oxygen atoms in total. The van der Waals surface area contributed by atoms with Gasteiger partial charge >= 0.3 is 0 Å². The van der Waals surface area contributed by atoms with Crippen LogP contribution in [0.25, 0.3) is 11.2 Å². The van der Waals surface area contributed by atoms with Gasteiger partial charge in [-0.1, -0.05) is 0 Å². The average Bonchev–Trinajstić information content (AvgIpc) is 3.15. The van der Waals surface area contributed by atoms with Crippen LogP contribution in [-0.4, -0.2) is 43.2 Å². The molecule has 7 heteroatoms. The van der Waals surface area contributed by atoms with Gasteiger partial charge in [-0.2, -0.15) is 5.10 Å². The lowest BCUT2D eigenvalue weighted by atomic mass is 10.3. The molecule has 0 unspecified atom stereocenters. The fraction of sp³-hybridized carbons (Fsp3) is 0.643. The first kappa shape index (κ1) is 13.9. The summed E-state index contributed by atoms with van der Waals surface area (Å²) in [4.78, 5) is 18.5. The Labute approximate surface area is 123 Å². The third kappa shape index (κ3) is 2.36. The number of carbonyl (C=O) groups is 1. The number of aromatic nitrogens is 4. The van der Waals surface area contributed by atoms with Gasteiger partial charge < -0.3 is 10.6 Å². The van der Waals surface area contributed by atoms with E-state index < -0.39 is 0 Å². The Morgan fingerprint density at radius 2 is 2.05 bits per heavy atom. The zero-order valence-corrected chi connectivity index (χ0v) is 12.7. The van der Waals surface area contributed by atoms with Crippen molar-refractivity contribution in [1.82, 2.24) is 24.2 Å². The number of anilines is 1. The average molecular weight is 290 g/mol. The molecular weight excluding hydrogens is 268 g/mol. The first-order chi connectivity index (χ1) is 10.1. The Morgan fingerprint density at radius 3 is 2.71 bits per heavy atom. The van der Waals surface area contributed by atoms with E-state index in [2.05, 4.69) is 10.1 Å². The maximum atomic E-state index is 12.2. The van der Waals surface area contributed by atoms with Crippen molar-refractivity contribution < 1.29 is 4.79 Å². The molecule has 2 N–H and O–H groups in total. The summed E-state index contributed by atoms with van der Waals surface area (Å²) in [5, 5.41) is 4.46. The summed E-state index contributed by atoms with van der Waals surface area (Å²) in [5.41, 5.74) is 8.65. The highest BCUT2D eigenvalue weighted by Gasteiger charge is 2.20. The van der Waals surface area contributed by atoms with Crippen LogP contribution in [0.3, 0.4) is 0 Å². The standard InChI is InChI=1S/C14H22N6O/c1-3-20-13-12(10(2)17-20)16-14(15)19(13)9-6-11(21)18-7-4-5-8-18/h3-9H2,1-2H3,(H2,15,16). The SMILES string of the molecule is CCn1nc(C)c2nc(N)n(CCC(=O)N3CCCC3)c21. The van der Waals surface area contributed by atoms with Crippen LogP contribution in [0.5, 0.6) is 0 Å². The van der Waals surface area contributed by atoms with Gasteiger partial charge in [0.2, 0.25) is 11.9 Å². The fourth-order valence-electron chi connectivity index (χ4n) is 3.01. The first-order valence-electron chi connectivity index (χ1n) is 7.58. The van der Waals surface area contributed by atoms with E-state index in [1.165, 1.54) is 0 Å². The molecule has 0 atom stereocenters. The molecule has 0 spiro atoms. The number of rotatable bonds is 4. The molecule has 1 amide bonds. The van der Waals surface area contributed by atoms with Crippen LogP contribution in [0.15, 0.2) is 0 Å². The lowest BCUT2D eigenvalue weighted by molar-refractivity contribution is -0.130. The molecule has 3 rings (SSSR count). The minimum absolute atomic E-state index is 0.202. The third-order valence-corrected chi connectivity index (χ3v) is 4.14. The van der Waals surface area contributed by atoms with Crippen LogP contribution in [0, 0.1) is 6.92 Å². The molecule has 21 heavy (non-hydrogen) atoms. The second-order valence-electron chi connectivity index (χ2n) is 5.53. The van der Waals surface area contributed by atoms with Gasteiger partial charge in [-0.05, 0) is 26.7 Å². The highest BCUT2D eigenvalue weighted by atomic mass is 16.2. The van der Waals surface area contributed by atoms with Gasteiger partial charge in [-0.15, -0.1) is 0 Å². The fourth-order valence-corrected chi connectivity index (χ4v) is 3.01. The zero-order valence-electron chi connectivity index (χ0n) is 12.7. The smallest absolute Gasteiger partial charge is 0.224 e. The van der Waals surface area contributed by atoms with E-state index >= 15 is 0 Å². The molecule has 2 aromatic rings. The highest BCUT2D eigenvalue weighted by molar-refractivity contribution is 5.79. The number of nitrogen functional groups attached to an aromatic ring is 1. The molecule has 114 valence electrons. The quantitative estimate of drug-likeness (QED) is 0.916. The number of likely N-dealkylation sites (tertiary alicyclic amines) is 1. The Kier molecular flexibility index (Phi) is 3.57. The summed E-state index contributed by atoms with van der Waals surface area (Å²) >= 11 is 0. The summed E-state index contributed by atoms with van der Waals surface area (Å²) in [7, 11) is 0. The third-order valence-electron chi connectivity index (χ3n) is 4.14. The van der Waals surface area contributed by atoms with Crippen molar-refractivity contribution >= 4 is 23.0 Å². The maximum absolute atomic E-state index is 12.2. The summed E-state index contributed by atoms with van der Waals surface area (Å²) < 4.78 is 3.81. The number of amides is 1. The maximum Gasteiger partial charge on any atom is 0.224 e. The molecule has 1 aliphatic heterocycles. The molecule has 1 saturated heterocycles. The van der Waals surface area contributed by atoms with Crippen LogP contribution in [0.2, 0.25) is 0 Å². The van der Waals surface area contributed by atoms with E-state index in [0.717, 1.165) is 49.3 Å². The number of aryl methyl sites for hydroxylation is 3. The number of fused-ring (bicyclic) bond motifs is 1. The van der Waals surface area contributed by atoms with Crippen LogP contribution in [-0.2, 0) is 17.9 Å². The molecule has 1 aliphatic rings. The molecular formula is C14H22N6O. The highest BCUT2D eigenvalue weighted by Crippen LogP contribution is 2.21. The van der Waals surface area contributed by atoms with Gasteiger partial charge in [-0.3, -0.25) is 9.36 Å². The number of hydrogen-bond donors (Lipinski definition) is 1. The van der Waals surface area contributed by atoms with Gasteiger partial charge in [0.25, 0.3) is 0 Å². The normalized spacial score (nSPS) is 15.2. The molecule has 0 bridgehead atoms. The van der Waals surface area contributed by atoms with Crippen LogP contribution in [0.1, 0.15) is 31.9 Å². The second-order valence-corrected chi connectivity index (χ2v) is 5.53. The van der Waals surface area contributed by atoms with Crippen molar-refractivity contribution in [2.45, 2.75) is 46.2 Å². The van der Waals surface area contributed by atoms with Crippen molar-refractivity contribution in [3.8, 4) is 0 Å². The Morgan fingerprint density at radius 1 is 1.33 bits per heavy atom. The van der Waals surface area contributed by atoms with Crippen LogP contribution < -0.4 is 5.73 Å². The van der Waals surface area contributed by atoms with Crippen molar-refractivity contribution in [2.24, 2.45) is 0 Å². The van der Waals surface area contributed by atoms with E-state index in [9.17, 15) is 4.79 Å². The number of nitrogens with two attached hydrogens (primary N) is 1. The largest absolute Gasteiger partial charge is 0.369 e. The minimum Gasteiger partial charge on any atom is -0.369 e. The number of nitrogens with zero attached hydrogens (tertiary/aromatic N) is 5. The van der Waals surface area contributed by atoms with Crippen LogP contribution >= 0.6 is 0 Å². The second kappa shape index (κ2) is 5.38. The van der Waals surface area contributed by atoms with E-state index in [1.807, 2.05) is 28.0 Å². The van der Waals surface area contributed by atoms with E-state index in [4.69, 9.17) is 5.73 Å². The van der Waals surface area contributed by atoms with Gasteiger partial charge in [0, 0.05) is 32.6 Å². The van der Waals surface area contributed by atoms with Crippen molar-refractivity contribution in [3.05, 3.63) is 5.69 Å². The van der Waals surface area contributed by atoms with E-state index in [1.54, 1.807) is 0 Å². The minimum atomic E-state index is 0.202. The van der Waals surface area contributed by atoms with Gasteiger partial charge in [0.1, 0.15) is 5.52 Å². The van der Waals surface area contributed by atoms with Crippen molar-refractivity contribution in [3.63, 3.8) is 0 Å². The summed E-state index contributed by atoms with van der Waals surface area (Å²) in [6, 6.07) is 0. The van der Waals surface area contributed by atoms with Crippen molar-refractivity contribution in [2.75, 3.05) is 18.8 Å². The molecule has 2 aromatic heterocycles. The molecule has 0 radical (unpaired) electrons. The topological polar surface area (TPSA) is 82.0 Å². The first-order valence-corrected chi connectivity index (χ1v) is 7.58. The Bertz CT molecular complexity index is 665.